The minimum absolute atomic E-state index is 0.223. The van der Waals surface area contributed by atoms with Crippen molar-refractivity contribution in [2.24, 2.45) is 5.73 Å². The summed E-state index contributed by atoms with van der Waals surface area (Å²) < 4.78 is 4.70. The summed E-state index contributed by atoms with van der Waals surface area (Å²) in [4.78, 5) is 15.4. The smallest absolute Gasteiger partial charge is 0.409 e. The molecule has 1 aliphatic rings. The van der Waals surface area contributed by atoms with Crippen LogP contribution >= 0.6 is 0 Å². The summed E-state index contributed by atoms with van der Waals surface area (Å²) in [5, 5.41) is 0. The fourth-order valence-electron chi connectivity index (χ4n) is 2.18. The van der Waals surface area contributed by atoms with Gasteiger partial charge in [-0.15, -0.1) is 0 Å². The Labute approximate surface area is 97.5 Å². The first-order valence-electron chi connectivity index (χ1n) is 6.00. The minimum atomic E-state index is -0.223. The van der Waals surface area contributed by atoms with E-state index >= 15 is 0 Å². The van der Waals surface area contributed by atoms with Gasteiger partial charge < -0.3 is 15.4 Å². The van der Waals surface area contributed by atoms with Crippen molar-refractivity contribution >= 4 is 6.09 Å². The largest absolute Gasteiger partial charge is 0.453 e. The average molecular weight is 229 g/mol. The van der Waals surface area contributed by atoms with Crippen molar-refractivity contribution in [2.75, 3.05) is 39.8 Å². The molecule has 0 aromatic carbocycles. The van der Waals surface area contributed by atoms with E-state index in [1.807, 2.05) is 0 Å². The van der Waals surface area contributed by atoms with Gasteiger partial charge in [-0.1, -0.05) is 13.3 Å². The number of piperazine rings is 1. The molecule has 0 aromatic rings. The molecule has 1 unspecified atom stereocenters. The van der Waals surface area contributed by atoms with E-state index < -0.39 is 0 Å². The maximum absolute atomic E-state index is 11.3. The van der Waals surface area contributed by atoms with Crippen LogP contribution in [0, 0.1) is 0 Å². The number of amides is 1. The highest BCUT2D eigenvalue weighted by Crippen LogP contribution is 2.10. The first-order valence-corrected chi connectivity index (χ1v) is 6.00. The second-order valence-electron chi connectivity index (χ2n) is 4.17. The van der Waals surface area contributed by atoms with Gasteiger partial charge in [-0.25, -0.2) is 4.79 Å². The average Bonchev–Trinajstić information content (AvgIpc) is 2.35. The molecule has 5 heteroatoms. The molecule has 0 saturated carbocycles. The molecule has 1 rings (SSSR count). The van der Waals surface area contributed by atoms with Crippen LogP contribution in [0.15, 0.2) is 0 Å². The van der Waals surface area contributed by atoms with E-state index in [-0.39, 0.29) is 6.09 Å². The summed E-state index contributed by atoms with van der Waals surface area (Å²) in [5.41, 5.74) is 5.76. The molecule has 94 valence electrons. The topological polar surface area (TPSA) is 58.8 Å². The Morgan fingerprint density at radius 3 is 2.44 bits per heavy atom. The van der Waals surface area contributed by atoms with Crippen LogP contribution in [0.5, 0.6) is 0 Å². The molecule has 0 aliphatic carbocycles. The highest BCUT2D eigenvalue weighted by atomic mass is 16.5. The number of nitrogens with two attached hydrogens (primary N) is 1. The Morgan fingerprint density at radius 1 is 1.38 bits per heavy atom. The summed E-state index contributed by atoms with van der Waals surface area (Å²) in [6.07, 6.45) is 2.06. The summed E-state index contributed by atoms with van der Waals surface area (Å²) in [5.74, 6) is 0. The van der Waals surface area contributed by atoms with Crippen LogP contribution < -0.4 is 5.73 Å². The van der Waals surface area contributed by atoms with Crippen molar-refractivity contribution in [3.63, 3.8) is 0 Å². The zero-order chi connectivity index (χ0) is 12.0. The van der Waals surface area contributed by atoms with Gasteiger partial charge in [-0.05, 0) is 6.42 Å². The van der Waals surface area contributed by atoms with E-state index in [2.05, 4.69) is 11.8 Å². The van der Waals surface area contributed by atoms with Crippen LogP contribution in [-0.4, -0.2) is 61.8 Å². The molecular weight excluding hydrogens is 206 g/mol. The number of ether oxygens (including phenoxy) is 1. The standard InChI is InChI=1S/C11H23N3O2/c1-3-4-10(9-12)13-5-7-14(8-6-13)11(15)16-2/h10H,3-9,12H2,1-2H3. The molecule has 2 N–H and O–H groups in total. The summed E-state index contributed by atoms with van der Waals surface area (Å²) in [6.45, 7) is 6.16. The molecule has 0 aromatic heterocycles. The zero-order valence-electron chi connectivity index (χ0n) is 10.3. The van der Waals surface area contributed by atoms with Gasteiger partial charge in [0.25, 0.3) is 0 Å². The fraction of sp³-hybridized carbons (Fsp3) is 0.909. The molecule has 16 heavy (non-hydrogen) atoms. The van der Waals surface area contributed by atoms with Crippen LogP contribution in [0.3, 0.4) is 0 Å². The van der Waals surface area contributed by atoms with Crippen LogP contribution in [0.4, 0.5) is 4.79 Å². The van der Waals surface area contributed by atoms with Gasteiger partial charge in [0.1, 0.15) is 0 Å². The Balaban J connectivity index is 2.38. The van der Waals surface area contributed by atoms with Crippen molar-refractivity contribution in [3.05, 3.63) is 0 Å². The SMILES string of the molecule is CCCC(CN)N1CCN(C(=O)OC)CC1. The van der Waals surface area contributed by atoms with E-state index in [0.717, 1.165) is 39.0 Å². The third-order valence-corrected chi connectivity index (χ3v) is 3.16. The van der Waals surface area contributed by atoms with Gasteiger partial charge in [-0.2, -0.15) is 0 Å². The predicted octanol–water partition coefficient (Wildman–Crippen LogP) is 0.498. The van der Waals surface area contributed by atoms with Crippen LogP contribution in [0.1, 0.15) is 19.8 Å². The Hall–Kier alpha value is -0.810. The van der Waals surface area contributed by atoms with Crippen molar-refractivity contribution < 1.29 is 9.53 Å². The van der Waals surface area contributed by atoms with Crippen molar-refractivity contribution in [2.45, 2.75) is 25.8 Å². The number of methoxy groups -OCH3 is 1. The summed E-state index contributed by atoms with van der Waals surface area (Å²) in [6, 6.07) is 0.463. The van der Waals surface area contributed by atoms with Crippen molar-refractivity contribution in [3.8, 4) is 0 Å². The number of rotatable bonds is 4. The lowest BCUT2D eigenvalue weighted by molar-refractivity contribution is 0.0740. The molecule has 1 amide bonds. The first kappa shape index (κ1) is 13.3. The van der Waals surface area contributed by atoms with Gasteiger partial charge in [0.05, 0.1) is 7.11 Å². The van der Waals surface area contributed by atoms with Crippen LogP contribution in [0.25, 0.3) is 0 Å². The minimum Gasteiger partial charge on any atom is -0.453 e. The molecular formula is C11H23N3O2. The molecule has 1 aliphatic heterocycles. The van der Waals surface area contributed by atoms with Crippen molar-refractivity contribution in [1.82, 2.24) is 9.80 Å². The van der Waals surface area contributed by atoms with E-state index in [4.69, 9.17) is 10.5 Å². The molecule has 0 bridgehead atoms. The molecule has 1 saturated heterocycles. The number of nitrogens with zero attached hydrogens (tertiary/aromatic N) is 2. The zero-order valence-corrected chi connectivity index (χ0v) is 10.3. The van der Waals surface area contributed by atoms with Gasteiger partial charge in [0.15, 0.2) is 0 Å². The highest BCUT2D eigenvalue weighted by molar-refractivity contribution is 5.67. The first-order chi connectivity index (χ1) is 7.72. The van der Waals surface area contributed by atoms with E-state index in [1.165, 1.54) is 7.11 Å². The fourth-order valence-corrected chi connectivity index (χ4v) is 2.18. The molecule has 1 atom stereocenters. The quantitative estimate of drug-likeness (QED) is 0.762. The summed E-state index contributed by atoms with van der Waals surface area (Å²) >= 11 is 0. The molecule has 1 fully saturated rings. The second-order valence-corrected chi connectivity index (χ2v) is 4.17. The lowest BCUT2D eigenvalue weighted by Crippen LogP contribution is -2.53. The maximum atomic E-state index is 11.3. The Kier molecular flexibility index (Phi) is 5.55. The van der Waals surface area contributed by atoms with E-state index in [9.17, 15) is 4.79 Å². The molecule has 5 nitrogen and oxygen atoms in total. The van der Waals surface area contributed by atoms with Crippen molar-refractivity contribution in [1.29, 1.82) is 0 Å². The van der Waals surface area contributed by atoms with E-state index in [0.29, 0.717) is 12.6 Å². The highest BCUT2D eigenvalue weighted by Gasteiger charge is 2.25. The molecule has 0 radical (unpaired) electrons. The third kappa shape index (κ3) is 3.35. The predicted molar refractivity (Wildman–Crippen MR) is 63.3 cm³/mol. The molecule has 0 spiro atoms. The number of carbonyl (C=O) groups is 1. The van der Waals surface area contributed by atoms with Gasteiger partial charge in [0, 0.05) is 38.8 Å². The number of hydrogen-bond acceptors (Lipinski definition) is 4. The summed E-state index contributed by atoms with van der Waals surface area (Å²) in [7, 11) is 1.43. The Morgan fingerprint density at radius 2 is 2.00 bits per heavy atom. The van der Waals surface area contributed by atoms with Gasteiger partial charge in [0.2, 0.25) is 0 Å². The lowest BCUT2D eigenvalue weighted by Gasteiger charge is -2.38. The van der Waals surface area contributed by atoms with Gasteiger partial charge in [-0.3, -0.25) is 4.90 Å². The second kappa shape index (κ2) is 6.70. The third-order valence-electron chi connectivity index (χ3n) is 3.16. The van der Waals surface area contributed by atoms with Crippen LogP contribution in [-0.2, 0) is 4.74 Å². The van der Waals surface area contributed by atoms with Crippen LogP contribution in [0.2, 0.25) is 0 Å². The monoisotopic (exact) mass is 229 g/mol. The normalized spacial score (nSPS) is 19.6. The lowest BCUT2D eigenvalue weighted by atomic mass is 10.1. The number of hydrogen-bond donors (Lipinski definition) is 1. The molecule has 1 heterocycles. The number of carbonyl (C=O) groups excluding carboxylic acids is 1. The maximum Gasteiger partial charge on any atom is 0.409 e. The van der Waals surface area contributed by atoms with Gasteiger partial charge >= 0.3 is 6.09 Å². The Bertz CT molecular complexity index is 215. The van der Waals surface area contributed by atoms with E-state index in [1.54, 1.807) is 4.90 Å².